The monoisotopic (exact) mass is 284 g/mol. The van der Waals surface area contributed by atoms with Crippen molar-refractivity contribution in [2.24, 2.45) is 5.92 Å². The molecule has 21 heavy (non-hydrogen) atoms. The lowest BCUT2D eigenvalue weighted by Gasteiger charge is -2.17. The number of carboxylic acid groups (broad SMARTS) is 1. The summed E-state index contributed by atoms with van der Waals surface area (Å²) in [7, 11) is 0. The number of benzene rings is 2. The Balaban J connectivity index is 2.05. The lowest BCUT2D eigenvalue weighted by atomic mass is 9.91. The number of carbonyl (C=O) groups is 1. The summed E-state index contributed by atoms with van der Waals surface area (Å²) in [6.45, 7) is 2.00. The molecule has 0 spiro atoms. The maximum Gasteiger partial charge on any atom is 0.306 e. The van der Waals surface area contributed by atoms with Gasteiger partial charge in [0.25, 0.3) is 0 Å². The van der Waals surface area contributed by atoms with E-state index < -0.39 is 18.0 Å². The van der Waals surface area contributed by atoms with E-state index in [1.54, 1.807) is 0 Å². The van der Waals surface area contributed by atoms with E-state index in [-0.39, 0.29) is 6.42 Å². The summed E-state index contributed by atoms with van der Waals surface area (Å²) in [5, 5.41) is 19.6. The van der Waals surface area contributed by atoms with Gasteiger partial charge in [-0.2, -0.15) is 0 Å². The molecular weight excluding hydrogens is 264 g/mol. The molecule has 0 fully saturated rings. The Labute approximate surface area is 124 Å². The van der Waals surface area contributed by atoms with Crippen LogP contribution in [0, 0.1) is 12.8 Å². The molecule has 0 bridgehead atoms. The molecule has 2 atom stereocenters. The van der Waals surface area contributed by atoms with Gasteiger partial charge in [0.05, 0.1) is 12.0 Å². The summed E-state index contributed by atoms with van der Waals surface area (Å²) in [5.74, 6) is -1.46. The lowest BCUT2D eigenvalue weighted by molar-refractivity contribution is -0.142. The topological polar surface area (TPSA) is 57.5 Å². The molecule has 2 unspecified atom stereocenters. The first-order valence-corrected chi connectivity index (χ1v) is 7.07. The molecule has 0 saturated carbocycles. The highest BCUT2D eigenvalue weighted by atomic mass is 16.4. The first-order valence-electron chi connectivity index (χ1n) is 7.07. The average molecular weight is 284 g/mol. The fourth-order valence-corrected chi connectivity index (χ4v) is 2.36. The SMILES string of the molecule is Cc1ccc(CC(CC(O)c2ccccc2)C(=O)O)cc1. The van der Waals surface area contributed by atoms with Crippen LogP contribution in [0.25, 0.3) is 0 Å². The van der Waals surface area contributed by atoms with Crippen molar-refractivity contribution >= 4 is 5.97 Å². The van der Waals surface area contributed by atoms with Gasteiger partial charge in [-0.1, -0.05) is 60.2 Å². The molecule has 0 heterocycles. The summed E-state index contributed by atoms with van der Waals surface area (Å²) >= 11 is 0. The van der Waals surface area contributed by atoms with E-state index in [0.29, 0.717) is 6.42 Å². The van der Waals surface area contributed by atoms with Crippen LogP contribution < -0.4 is 0 Å². The first kappa shape index (κ1) is 15.3. The summed E-state index contributed by atoms with van der Waals surface area (Å²) in [6, 6.07) is 17.0. The molecule has 0 aromatic heterocycles. The third-order valence-corrected chi connectivity index (χ3v) is 3.64. The number of aliphatic hydroxyl groups is 1. The standard InChI is InChI=1S/C18H20O3/c1-13-7-9-14(10-8-13)11-16(18(20)21)12-17(19)15-5-3-2-4-6-15/h2-10,16-17,19H,11-12H2,1H3,(H,20,21). The normalized spacial score (nSPS) is 13.6. The van der Waals surface area contributed by atoms with Crippen LogP contribution in [0.2, 0.25) is 0 Å². The van der Waals surface area contributed by atoms with Crippen molar-refractivity contribution in [1.29, 1.82) is 0 Å². The van der Waals surface area contributed by atoms with E-state index in [2.05, 4.69) is 0 Å². The number of carboxylic acids is 1. The second-order valence-corrected chi connectivity index (χ2v) is 5.39. The zero-order valence-corrected chi connectivity index (χ0v) is 12.1. The predicted octanol–water partition coefficient (Wildman–Crippen LogP) is 3.36. The molecule has 0 saturated heterocycles. The number of hydrogen-bond donors (Lipinski definition) is 2. The fourth-order valence-electron chi connectivity index (χ4n) is 2.36. The molecule has 2 aromatic carbocycles. The molecule has 2 N–H and O–H groups in total. The second kappa shape index (κ2) is 7.04. The minimum absolute atomic E-state index is 0.215. The lowest BCUT2D eigenvalue weighted by Crippen LogP contribution is -2.19. The van der Waals surface area contributed by atoms with Crippen LogP contribution in [0.1, 0.15) is 29.2 Å². The molecule has 0 aliphatic heterocycles. The zero-order chi connectivity index (χ0) is 15.2. The molecule has 0 aliphatic rings. The van der Waals surface area contributed by atoms with Crippen molar-refractivity contribution in [3.63, 3.8) is 0 Å². The smallest absolute Gasteiger partial charge is 0.306 e. The van der Waals surface area contributed by atoms with E-state index in [0.717, 1.165) is 16.7 Å². The van der Waals surface area contributed by atoms with Gasteiger partial charge in [0.1, 0.15) is 0 Å². The first-order chi connectivity index (χ1) is 10.1. The zero-order valence-electron chi connectivity index (χ0n) is 12.1. The third kappa shape index (κ3) is 4.43. The molecule has 3 heteroatoms. The number of aliphatic hydroxyl groups excluding tert-OH is 1. The average Bonchev–Trinajstić information content (AvgIpc) is 2.49. The van der Waals surface area contributed by atoms with E-state index in [1.807, 2.05) is 61.5 Å². The molecule has 0 amide bonds. The van der Waals surface area contributed by atoms with Crippen LogP contribution in [0.15, 0.2) is 54.6 Å². The minimum atomic E-state index is -0.870. The molecule has 0 aliphatic carbocycles. The second-order valence-electron chi connectivity index (χ2n) is 5.39. The number of hydrogen-bond acceptors (Lipinski definition) is 2. The fraction of sp³-hybridized carbons (Fsp3) is 0.278. The van der Waals surface area contributed by atoms with Gasteiger partial charge >= 0.3 is 5.97 Å². The van der Waals surface area contributed by atoms with E-state index in [9.17, 15) is 15.0 Å². The Morgan fingerprint density at radius 1 is 1.05 bits per heavy atom. The Morgan fingerprint density at radius 3 is 2.24 bits per heavy atom. The van der Waals surface area contributed by atoms with Crippen molar-refractivity contribution in [3.05, 3.63) is 71.3 Å². The van der Waals surface area contributed by atoms with Crippen LogP contribution in [-0.4, -0.2) is 16.2 Å². The number of aryl methyl sites for hydroxylation is 1. The van der Waals surface area contributed by atoms with Gasteiger partial charge in [0.2, 0.25) is 0 Å². The van der Waals surface area contributed by atoms with Crippen LogP contribution in [0.3, 0.4) is 0 Å². The molecule has 2 rings (SSSR count). The highest BCUT2D eigenvalue weighted by molar-refractivity contribution is 5.70. The Hall–Kier alpha value is -2.13. The molecule has 3 nitrogen and oxygen atoms in total. The largest absolute Gasteiger partial charge is 0.481 e. The highest BCUT2D eigenvalue weighted by Crippen LogP contribution is 2.24. The molecule has 0 radical (unpaired) electrons. The van der Waals surface area contributed by atoms with Crippen LogP contribution in [0.5, 0.6) is 0 Å². The number of rotatable bonds is 6. The van der Waals surface area contributed by atoms with E-state index in [1.165, 1.54) is 0 Å². The maximum absolute atomic E-state index is 11.4. The van der Waals surface area contributed by atoms with Gasteiger partial charge in [-0.15, -0.1) is 0 Å². The van der Waals surface area contributed by atoms with E-state index >= 15 is 0 Å². The summed E-state index contributed by atoms with van der Waals surface area (Å²) in [5.41, 5.74) is 2.89. The number of aliphatic carboxylic acids is 1. The predicted molar refractivity (Wildman–Crippen MR) is 82.0 cm³/mol. The highest BCUT2D eigenvalue weighted by Gasteiger charge is 2.22. The van der Waals surface area contributed by atoms with E-state index in [4.69, 9.17) is 0 Å². The van der Waals surface area contributed by atoms with Crippen molar-refractivity contribution in [1.82, 2.24) is 0 Å². The summed E-state index contributed by atoms with van der Waals surface area (Å²) < 4.78 is 0. The minimum Gasteiger partial charge on any atom is -0.481 e. The Kier molecular flexibility index (Phi) is 5.12. The molecule has 110 valence electrons. The van der Waals surface area contributed by atoms with Gasteiger partial charge in [0.15, 0.2) is 0 Å². The third-order valence-electron chi connectivity index (χ3n) is 3.64. The summed E-state index contributed by atoms with van der Waals surface area (Å²) in [6.07, 6.45) is -0.107. The molecule has 2 aromatic rings. The maximum atomic E-state index is 11.4. The van der Waals surface area contributed by atoms with Gasteiger partial charge < -0.3 is 10.2 Å². The van der Waals surface area contributed by atoms with Gasteiger partial charge in [-0.25, -0.2) is 0 Å². The van der Waals surface area contributed by atoms with Crippen LogP contribution in [0.4, 0.5) is 0 Å². The van der Waals surface area contributed by atoms with Crippen molar-refractivity contribution in [3.8, 4) is 0 Å². The molecular formula is C18H20O3. The van der Waals surface area contributed by atoms with Crippen molar-refractivity contribution in [2.45, 2.75) is 25.9 Å². The van der Waals surface area contributed by atoms with Gasteiger partial charge in [-0.05, 0) is 30.9 Å². The van der Waals surface area contributed by atoms with Gasteiger partial charge in [-0.3, -0.25) is 4.79 Å². The summed E-state index contributed by atoms with van der Waals surface area (Å²) in [4.78, 5) is 11.4. The van der Waals surface area contributed by atoms with Crippen LogP contribution in [-0.2, 0) is 11.2 Å². The Bertz CT molecular complexity index is 575. The quantitative estimate of drug-likeness (QED) is 0.855. The van der Waals surface area contributed by atoms with Crippen molar-refractivity contribution in [2.75, 3.05) is 0 Å². The van der Waals surface area contributed by atoms with Crippen molar-refractivity contribution < 1.29 is 15.0 Å². The van der Waals surface area contributed by atoms with Crippen LogP contribution >= 0.6 is 0 Å². The van der Waals surface area contributed by atoms with Gasteiger partial charge in [0, 0.05) is 0 Å². The Morgan fingerprint density at radius 2 is 1.67 bits per heavy atom.